The fourth-order valence-electron chi connectivity index (χ4n) is 6.38. The van der Waals surface area contributed by atoms with Crippen molar-refractivity contribution in [3.05, 3.63) is 0 Å². The predicted molar refractivity (Wildman–Crippen MR) is 123 cm³/mol. The summed E-state index contributed by atoms with van der Waals surface area (Å²) in [6, 6.07) is 0. The van der Waals surface area contributed by atoms with Crippen LogP contribution in [-0.2, 0) is 43.0 Å². The van der Waals surface area contributed by atoms with Crippen LogP contribution >= 0.6 is 0 Å². The Morgan fingerprint density at radius 1 is 0.914 bits per heavy atom. The van der Waals surface area contributed by atoms with Crippen LogP contribution in [0.5, 0.6) is 0 Å². The highest BCUT2D eigenvalue weighted by atomic mass is 17.3. The van der Waals surface area contributed by atoms with Crippen molar-refractivity contribution in [2.45, 2.75) is 109 Å². The fraction of sp³-hybridized carbons (Fsp3) is 0.923. The molecule has 9 nitrogen and oxygen atoms in total. The van der Waals surface area contributed by atoms with Gasteiger partial charge in [0.25, 0.3) is 0 Å². The van der Waals surface area contributed by atoms with Crippen molar-refractivity contribution in [2.75, 3.05) is 20.3 Å². The van der Waals surface area contributed by atoms with Crippen molar-refractivity contribution < 1.29 is 43.0 Å². The summed E-state index contributed by atoms with van der Waals surface area (Å²) in [6.07, 6.45) is 6.97. The first-order chi connectivity index (χ1) is 16.8. The molecule has 200 valence electrons. The summed E-state index contributed by atoms with van der Waals surface area (Å²) in [4.78, 5) is 34.7. The number of unbranched alkanes of at least 4 members (excludes halogenated alkanes) is 3. The molecule has 0 unspecified atom stereocenters. The summed E-state index contributed by atoms with van der Waals surface area (Å²) in [5, 5.41) is 0. The van der Waals surface area contributed by atoms with Crippen LogP contribution in [0, 0.1) is 23.7 Å². The molecule has 0 aromatic heterocycles. The topological polar surface area (TPSA) is 98.8 Å². The van der Waals surface area contributed by atoms with Crippen molar-refractivity contribution in [2.24, 2.45) is 23.7 Å². The molecule has 5 aliphatic rings. The summed E-state index contributed by atoms with van der Waals surface area (Å²) in [7, 11) is 1.30. The van der Waals surface area contributed by atoms with Gasteiger partial charge < -0.3 is 23.7 Å². The van der Waals surface area contributed by atoms with Crippen LogP contribution in [0.3, 0.4) is 0 Å². The number of hydrogen-bond acceptors (Lipinski definition) is 9. The molecule has 0 amide bonds. The molecule has 4 saturated heterocycles. The van der Waals surface area contributed by atoms with E-state index in [4.69, 9.17) is 28.7 Å². The number of carbonyl (C=O) groups excluding carboxylic acids is 2. The lowest BCUT2D eigenvalue weighted by molar-refractivity contribution is -0.577. The molecule has 5 fully saturated rings. The van der Waals surface area contributed by atoms with Crippen LogP contribution in [0.25, 0.3) is 0 Å². The zero-order valence-electron chi connectivity index (χ0n) is 21.6. The Morgan fingerprint density at radius 3 is 2.43 bits per heavy atom. The number of hydrogen-bond donors (Lipinski definition) is 0. The van der Waals surface area contributed by atoms with Crippen molar-refractivity contribution in [1.82, 2.24) is 0 Å². The van der Waals surface area contributed by atoms with Gasteiger partial charge in [0, 0.05) is 24.9 Å². The molecule has 5 rings (SSSR count). The van der Waals surface area contributed by atoms with Crippen LogP contribution in [0.4, 0.5) is 0 Å². The summed E-state index contributed by atoms with van der Waals surface area (Å²) in [5.74, 6) is -0.193. The van der Waals surface area contributed by atoms with Gasteiger partial charge in [0.1, 0.15) is 0 Å². The van der Waals surface area contributed by atoms with Crippen LogP contribution < -0.4 is 0 Å². The first-order valence-corrected chi connectivity index (χ1v) is 13.3. The zero-order chi connectivity index (χ0) is 25.1. The van der Waals surface area contributed by atoms with Gasteiger partial charge in [-0.3, -0.25) is 9.59 Å². The second kappa shape index (κ2) is 11.4. The number of rotatable bonds is 11. The van der Waals surface area contributed by atoms with E-state index in [0.717, 1.165) is 44.9 Å². The molecule has 1 aliphatic carbocycles. The lowest BCUT2D eigenvalue weighted by Gasteiger charge is -2.60. The minimum atomic E-state index is -0.772. The largest absolute Gasteiger partial charge is 0.469 e. The van der Waals surface area contributed by atoms with Gasteiger partial charge in [0.2, 0.25) is 5.79 Å². The van der Waals surface area contributed by atoms with E-state index in [0.29, 0.717) is 25.0 Å². The monoisotopic (exact) mass is 498 g/mol. The molecule has 8 atom stereocenters. The normalized spacial score (nSPS) is 40.0. The van der Waals surface area contributed by atoms with E-state index in [1.165, 1.54) is 13.5 Å². The molecule has 1 saturated carbocycles. The maximum absolute atomic E-state index is 11.6. The Balaban J connectivity index is 1.19. The van der Waals surface area contributed by atoms with Crippen LogP contribution in [-0.4, -0.2) is 56.2 Å². The van der Waals surface area contributed by atoms with Gasteiger partial charge in [0.05, 0.1) is 26.6 Å². The van der Waals surface area contributed by atoms with Gasteiger partial charge in [-0.05, 0) is 57.3 Å². The molecule has 0 radical (unpaired) electrons. The molecule has 0 N–H and O–H groups in total. The van der Waals surface area contributed by atoms with E-state index < -0.39 is 23.6 Å². The third-order valence-electron chi connectivity index (χ3n) is 8.44. The lowest BCUT2D eigenvalue weighted by Crippen LogP contribution is -2.70. The molecule has 0 aromatic rings. The second-order valence-electron chi connectivity index (χ2n) is 10.9. The number of esters is 2. The molecular weight excluding hydrogens is 456 g/mol. The van der Waals surface area contributed by atoms with Gasteiger partial charge in [-0.25, -0.2) is 9.78 Å². The highest BCUT2D eigenvalue weighted by Gasteiger charge is 2.69. The number of carbonyl (C=O) groups is 2. The predicted octanol–water partition coefficient (Wildman–Crippen LogP) is 4.27. The maximum Gasteiger partial charge on any atom is 0.306 e. The van der Waals surface area contributed by atoms with E-state index in [2.05, 4.69) is 18.6 Å². The molecule has 4 heterocycles. The summed E-state index contributed by atoms with van der Waals surface area (Å²) >= 11 is 0. The highest BCUT2D eigenvalue weighted by Crippen LogP contribution is 2.60. The number of ether oxygens (including phenoxy) is 5. The Bertz CT molecular complexity index is 744. The van der Waals surface area contributed by atoms with Gasteiger partial charge in [-0.15, -0.1) is 0 Å². The molecule has 2 bridgehead atoms. The van der Waals surface area contributed by atoms with Crippen LogP contribution in [0.15, 0.2) is 0 Å². The van der Waals surface area contributed by atoms with Crippen molar-refractivity contribution in [1.29, 1.82) is 0 Å². The smallest absolute Gasteiger partial charge is 0.306 e. The SMILES string of the molecule is COC(=O)CCC(=O)OCCCCCCO[C@H]1O[C@@H]2O[C@]3(C)CC[C@H]4[C@H](C)CC[C@@H]([C@H]1C)[C@@]24OO3. The minimum absolute atomic E-state index is 0.0558. The van der Waals surface area contributed by atoms with Crippen LogP contribution in [0.2, 0.25) is 0 Å². The zero-order valence-corrected chi connectivity index (χ0v) is 21.6. The van der Waals surface area contributed by atoms with Crippen molar-refractivity contribution >= 4 is 11.9 Å². The van der Waals surface area contributed by atoms with Crippen molar-refractivity contribution in [3.8, 4) is 0 Å². The quantitative estimate of drug-likeness (QED) is 0.235. The van der Waals surface area contributed by atoms with E-state index in [-0.39, 0.29) is 36.9 Å². The van der Waals surface area contributed by atoms with E-state index in [1.54, 1.807) is 0 Å². The molecule has 4 aliphatic heterocycles. The third kappa shape index (κ3) is 5.69. The first-order valence-electron chi connectivity index (χ1n) is 13.3. The standard InChI is InChI=1S/C26H42O9/c1-17-9-10-20-18(2)23(32-24-26(20)19(17)13-14-25(3,33-24)34-35-26)31-16-8-6-5-7-15-30-22(28)12-11-21(27)29-4/h17-20,23-24H,5-16H2,1-4H3/t17-,18-,19+,20+,23+,24-,25+,26-/m1/s1. The molecule has 35 heavy (non-hydrogen) atoms. The van der Waals surface area contributed by atoms with E-state index >= 15 is 0 Å². The van der Waals surface area contributed by atoms with Gasteiger partial charge in [0.15, 0.2) is 18.2 Å². The Hall–Kier alpha value is -1.26. The van der Waals surface area contributed by atoms with E-state index in [9.17, 15) is 9.59 Å². The maximum atomic E-state index is 11.6. The van der Waals surface area contributed by atoms with Crippen LogP contribution in [0.1, 0.15) is 85.0 Å². The lowest BCUT2D eigenvalue weighted by atomic mass is 9.58. The summed E-state index contributed by atoms with van der Waals surface area (Å²) in [5.41, 5.74) is -0.554. The Labute approximate surface area is 208 Å². The van der Waals surface area contributed by atoms with Crippen molar-refractivity contribution in [3.63, 3.8) is 0 Å². The highest BCUT2D eigenvalue weighted by molar-refractivity contribution is 5.77. The average Bonchev–Trinajstić information content (AvgIpc) is 3.07. The first kappa shape index (κ1) is 26.8. The van der Waals surface area contributed by atoms with Gasteiger partial charge in [-0.1, -0.05) is 20.3 Å². The van der Waals surface area contributed by atoms with Gasteiger partial charge >= 0.3 is 11.9 Å². The second-order valence-corrected chi connectivity index (χ2v) is 10.9. The van der Waals surface area contributed by atoms with E-state index in [1.807, 2.05) is 6.92 Å². The summed E-state index contributed by atoms with van der Waals surface area (Å²) in [6.45, 7) is 7.42. The average molecular weight is 499 g/mol. The Morgan fingerprint density at radius 2 is 1.66 bits per heavy atom. The molecule has 9 heteroatoms. The molecular formula is C26H42O9. The summed E-state index contributed by atoms with van der Waals surface area (Å²) < 4.78 is 28.7. The molecule has 0 aromatic carbocycles. The number of methoxy groups -OCH3 is 1. The third-order valence-corrected chi connectivity index (χ3v) is 8.44. The van der Waals surface area contributed by atoms with Gasteiger partial charge in [-0.2, -0.15) is 0 Å². The fourth-order valence-corrected chi connectivity index (χ4v) is 6.38. The Kier molecular flexibility index (Phi) is 8.74. The number of fused-ring (bicyclic) bond motifs is 2. The molecule has 1 spiro atoms. The minimum Gasteiger partial charge on any atom is -0.469 e.